The van der Waals surface area contributed by atoms with Crippen LogP contribution in [0.25, 0.3) is 0 Å². The predicted octanol–water partition coefficient (Wildman–Crippen LogP) is 2.67. The molecule has 6 heteroatoms. The van der Waals surface area contributed by atoms with Gasteiger partial charge in [0.15, 0.2) is 0 Å². The molecule has 112 valence electrons. The van der Waals surface area contributed by atoms with Gasteiger partial charge in [0.05, 0.1) is 7.11 Å². The Bertz CT molecular complexity index is 427. The average molecular weight is 287 g/mol. The number of methoxy groups -OCH3 is 1. The van der Waals surface area contributed by atoms with Crippen LogP contribution in [0.2, 0.25) is 0 Å². The minimum Gasteiger partial charge on any atom is -0.469 e. The molecule has 0 radical (unpaired) electrons. The molecule has 0 aliphatic rings. The lowest BCUT2D eigenvalue weighted by Crippen LogP contribution is -2.20. The summed E-state index contributed by atoms with van der Waals surface area (Å²) in [7, 11) is 3.21. The maximum absolute atomic E-state index is 12.3. The predicted molar refractivity (Wildman–Crippen MR) is 70.7 cm³/mol. The summed E-state index contributed by atoms with van der Waals surface area (Å²) in [5.74, 6) is -0.0675. The lowest BCUT2D eigenvalue weighted by molar-refractivity contribution is -0.140. The highest BCUT2D eigenvalue weighted by atomic mass is 19.3. The van der Waals surface area contributed by atoms with E-state index in [1.807, 2.05) is 11.9 Å². The van der Waals surface area contributed by atoms with Crippen LogP contribution in [0.5, 0.6) is 5.75 Å². The molecular formula is C14H19F2NO3. The van der Waals surface area contributed by atoms with E-state index in [-0.39, 0.29) is 11.7 Å². The normalized spacial score (nSPS) is 10.9. The molecule has 0 saturated heterocycles. The maximum Gasteiger partial charge on any atom is 0.387 e. The van der Waals surface area contributed by atoms with Gasteiger partial charge in [0, 0.05) is 18.5 Å². The number of nitrogens with zero attached hydrogens (tertiary/aromatic N) is 1. The standard InChI is InChI=1S/C14H19F2NO3/c1-17(9-5-8-13(18)19-2)10-11-6-3-4-7-12(11)20-14(15)16/h3-4,6-7,14H,5,8-10H2,1-2H3. The third-order valence-electron chi connectivity index (χ3n) is 2.78. The van der Waals surface area contributed by atoms with Crippen LogP contribution in [0, 0.1) is 0 Å². The van der Waals surface area contributed by atoms with E-state index in [9.17, 15) is 13.6 Å². The number of para-hydroxylation sites is 1. The van der Waals surface area contributed by atoms with Crippen molar-refractivity contribution >= 4 is 5.97 Å². The van der Waals surface area contributed by atoms with Crippen LogP contribution in [0.3, 0.4) is 0 Å². The molecule has 0 atom stereocenters. The summed E-state index contributed by atoms with van der Waals surface area (Å²) in [5, 5.41) is 0. The minimum absolute atomic E-state index is 0.183. The van der Waals surface area contributed by atoms with E-state index in [4.69, 9.17) is 0 Å². The summed E-state index contributed by atoms with van der Waals surface area (Å²) in [6.07, 6.45) is 0.997. The SMILES string of the molecule is COC(=O)CCCN(C)Cc1ccccc1OC(F)F. The maximum atomic E-state index is 12.3. The fourth-order valence-electron chi connectivity index (χ4n) is 1.81. The average Bonchev–Trinajstić information content (AvgIpc) is 2.40. The summed E-state index contributed by atoms with van der Waals surface area (Å²) < 4.78 is 33.6. The highest BCUT2D eigenvalue weighted by Crippen LogP contribution is 2.21. The number of esters is 1. The van der Waals surface area contributed by atoms with Crippen molar-refractivity contribution in [1.82, 2.24) is 4.90 Å². The molecule has 0 spiro atoms. The Kier molecular flexibility index (Phi) is 6.93. The van der Waals surface area contributed by atoms with Gasteiger partial charge in [-0.15, -0.1) is 0 Å². The van der Waals surface area contributed by atoms with Gasteiger partial charge in [-0.05, 0) is 26.1 Å². The van der Waals surface area contributed by atoms with Gasteiger partial charge in [0.2, 0.25) is 0 Å². The second kappa shape index (κ2) is 8.47. The highest BCUT2D eigenvalue weighted by molar-refractivity contribution is 5.69. The van der Waals surface area contributed by atoms with Crippen LogP contribution < -0.4 is 4.74 Å². The molecule has 0 heterocycles. The molecule has 20 heavy (non-hydrogen) atoms. The zero-order chi connectivity index (χ0) is 15.0. The smallest absolute Gasteiger partial charge is 0.387 e. The van der Waals surface area contributed by atoms with Crippen LogP contribution >= 0.6 is 0 Å². The quantitative estimate of drug-likeness (QED) is 0.689. The van der Waals surface area contributed by atoms with Gasteiger partial charge in [-0.1, -0.05) is 18.2 Å². The first kappa shape index (κ1) is 16.4. The van der Waals surface area contributed by atoms with E-state index in [1.54, 1.807) is 18.2 Å². The molecular weight excluding hydrogens is 268 g/mol. The van der Waals surface area contributed by atoms with Crippen LogP contribution in [0.1, 0.15) is 18.4 Å². The van der Waals surface area contributed by atoms with Gasteiger partial charge in [0.25, 0.3) is 0 Å². The second-order valence-electron chi connectivity index (χ2n) is 4.40. The third kappa shape index (κ3) is 5.97. The van der Waals surface area contributed by atoms with Crippen molar-refractivity contribution in [2.24, 2.45) is 0 Å². The van der Waals surface area contributed by atoms with Gasteiger partial charge in [-0.2, -0.15) is 8.78 Å². The zero-order valence-corrected chi connectivity index (χ0v) is 11.6. The Labute approximate surface area is 117 Å². The summed E-state index contributed by atoms with van der Waals surface area (Å²) in [6.45, 7) is -1.69. The molecule has 0 saturated carbocycles. The topological polar surface area (TPSA) is 38.8 Å². The molecule has 0 N–H and O–H groups in total. The van der Waals surface area contributed by atoms with Crippen molar-refractivity contribution in [1.29, 1.82) is 0 Å². The summed E-state index contributed by atoms with van der Waals surface area (Å²) in [4.78, 5) is 12.9. The number of benzene rings is 1. The lowest BCUT2D eigenvalue weighted by Gasteiger charge is -2.18. The zero-order valence-electron chi connectivity index (χ0n) is 11.6. The second-order valence-corrected chi connectivity index (χ2v) is 4.40. The lowest BCUT2D eigenvalue weighted by atomic mass is 10.2. The Hall–Kier alpha value is -1.69. The molecule has 0 aromatic heterocycles. The third-order valence-corrected chi connectivity index (χ3v) is 2.78. The van der Waals surface area contributed by atoms with Crippen molar-refractivity contribution in [2.45, 2.75) is 26.0 Å². The molecule has 0 fully saturated rings. The molecule has 4 nitrogen and oxygen atoms in total. The molecule has 0 unspecified atom stereocenters. The minimum atomic E-state index is -2.83. The van der Waals surface area contributed by atoms with Crippen LogP contribution in [-0.2, 0) is 16.1 Å². The fraction of sp³-hybridized carbons (Fsp3) is 0.500. The van der Waals surface area contributed by atoms with E-state index in [2.05, 4.69) is 9.47 Å². The van der Waals surface area contributed by atoms with E-state index < -0.39 is 6.61 Å². The number of carbonyl (C=O) groups is 1. The van der Waals surface area contributed by atoms with E-state index in [1.165, 1.54) is 13.2 Å². The van der Waals surface area contributed by atoms with Gasteiger partial charge < -0.3 is 14.4 Å². The monoisotopic (exact) mass is 287 g/mol. The van der Waals surface area contributed by atoms with Crippen molar-refractivity contribution in [2.75, 3.05) is 20.7 Å². The number of rotatable bonds is 8. The van der Waals surface area contributed by atoms with E-state index >= 15 is 0 Å². The van der Waals surface area contributed by atoms with E-state index in [0.717, 1.165) is 0 Å². The summed E-state index contributed by atoms with van der Waals surface area (Å²) in [6, 6.07) is 6.69. The van der Waals surface area contributed by atoms with Crippen LogP contribution in [0.15, 0.2) is 24.3 Å². The van der Waals surface area contributed by atoms with Crippen molar-refractivity contribution in [3.8, 4) is 5.75 Å². The Morgan fingerprint density at radius 3 is 2.70 bits per heavy atom. The van der Waals surface area contributed by atoms with Gasteiger partial charge in [0.1, 0.15) is 5.75 Å². The van der Waals surface area contributed by atoms with Crippen molar-refractivity contribution < 1.29 is 23.0 Å². The highest BCUT2D eigenvalue weighted by Gasteiger charge is 2.11. The number of ether oxygens (including phenoxy) is 2. The fourth-order valence-corrected chi connectivity index (χ4v) is 1.81. The number of halogens is 2. The van der Waals surface area contributed by atoms with Gasteiger partial charge >= 0.3 is 12.6 Å². The Morgan fingerprint density at radius 1 is 1.35 bits per heavy atom. The number of carbonyl (C=O) groups excluding carboxylic acids is 1. The number of alkyl halides is 2. The van der Waals surface area contributed by atoms with E-state index in [0.29, 0.717) is 31.5 Å². The first-order valence-electron chi connectivity index (χ1n) is 6.31. The summed E-state index contributed by atoms with van der Waals surface area (Å²) >= 11 is 0. The first-order valence-corrected chi connectivity index (χ1v) is 6.31. The Balaban J connectivity index is 2.48. The largest absolute Gasteiger partial charge is 0.469 e. The molecule has 0 aliphatic heterocycles. The molecule has 1 aromatic carbocycles. The van der Waals surface area contributed by atoms with Crippen molar-refractivity contribution in [3.63, 3.8) is 0 Å². The first-order chi connectivity index (χ1) is 9.52. The molecule has 0 aliphatic carbocycles. The Morgan fingerprint density at radius 2 is 2.05 bits per heavy atom. The summed E-state index contributed by atoms with van der Waals surface area (Å²) in [5.41, 5.74) is 0.688. The van der Waals surface area contributed by atoms with Gasteiger partial charge in [-0.25, -0.2) is 0 Å². The molecule has 1 aromatic rings. The number of hydrogen-bond acceptors (Lipinski definition) is 4. The van der Waals surface area contributed by atoms with Gasteiger partial charge in [-0.3, -0.25) is 4.79 Å². The van der Waals surface area contributed by atoms with Crippen molar-refractivity contribution in [3.05, 3.63) is 29.8 Å². The molecule has 1 rings (SSSR count). The number of hydrogen-bond donors (Lipinski definition) is 0. The molecule has 0 amide bonds. The molecule has 0 bridgehead atoms. The van der Waals surface area contributed by atoms with Crippen LogP contribution in [-0.4, -0.2) is 38.2 Å². The van der Waals surface area contributed by atoms with Crippen LogP contribution in [0.4, 0.5) is 8.78 Å².